The summed E-state index contributed by atoms with van der Waals surface area (Å²) >= 11 is 1.43. The van der Waals surface area contributed by atoms with Crippen LogP contribution in [0.3, 0.4) is 0 Å². The first-order chi connectivity index (χ1) is 23.3. The first-order valence-electron chi connectivity index (χ1n) is 16.0. The van der Waals surface area contributed by atoms with Crippen LogP contribution in [0.4, 0.5) is 11.4 Å². The molecule has 0 bridgehead atoms. The maximum atomic E-state index is 2.64. The molecule has 3 aliphatic rings. The minimum absolute atomic E-state index is 0.497. The van der Waals surface area contributed by atoms with Gasteiger partial charge in [0.1, 0.15) is 0 Å². The van der Waals surface area contributed by atoms with Crippen LogP contribution < -0.4 is 4.90 Å². The zero-order valence-electron chi connectivity index (χ0n) is 25.0. The molecule has 2 nitrogen and oxygen atoms in total. The van der Waals surface area contributed by atoms with Crippen molar-refractivity contribution in [3.05, 3.63) is 149 Å². The van der Waals surface area contributed by atoms with Gasteiger partial charge in [-0.2, -0.15) is 0 Å². The number of aromatic nitrogens is 1. The lowest BCUT2D eigenvalue weighted by Gasteiger charge is -2.30. The molecule has 0 fully saturated rings. The molecular weight excluding hydrogens is 703 g/mol. The predicted octanol–water partition coefficient (Wildman–Crippen LogP) is 12.2. The van der Waals surface area contributed by atoms with E-state index in [1.807, 2.05) is 11.3 Å². The Hall–Kier alpha value is -5.04. The molecule has 0 saturated carbocycles. The van der Waals surface area contributed by atoms with E-state index in [1.54, 1.807) is 0 Å². The van der Waals surface area contributed by atoms with E-state index < -0.39 is 20.7 Å². The molecule has 7 aromatic carbocycles. The molecule has 0 radical (unpaired) electrons. The Kier molecular flexibility index (Phi) is 4.73. The van der Waals surface area contributed by atoms with Crippen molar-refractivity contribution in [3.63, 3.8) is 0 Å². The summed E-state index contributed by atoms with van der Waals surface area (Å²) in [7, 11) is 0. The topological polar surface area (TPSA) is 8.17 Å². The van der Waals surface area contributed by atoms with Gasteiger partial charge < -0.3 is 9.47 Å². The average molecular weight is 727 g/mol. The molecular formula is C43H23IN2S. The Morgan fingerprint density at radius 3 is 2.00 bits per heavy atom. The lowest BCUT2D eigenvalue weighted by atomic mass is 9.98. The predicted molar refractivity (Wildman–Crippen MR) is 209 cm³/mol. The van der Waals surface area contributed by atoms with Crippen molar-refractivity contribution in [1.29, 1.82) is 0 Å². The first-order valence-corrected chi connectivity index (χ1v) is 19.0. The highest BCUT2D eigenvalue weighted by molar-refractivity contribution is 14.2. The molecule has 0 amide bonds. The van der Waals surface area contributed by atoms with E-state index in [9.17, 15) is 0 Å². The van der Waals surface area contributed by atoms with Gasteiger partial charge in [-0.3, -0.25) is 0 Å². The fraction of sp³-hybridized carbons (Fsp3) is 0. The average Bonchev–Trinajstić information content (AvgIpc) is 3.88. The lowest BCUT2D eigenvalue weighted by molar-refractivity contribution is 1.19. The van der Waals surface area contributed by atoms with Gasteiger partial charge in [0.15, 0.2) is 0 Å². The fourth-order valence-corrected chi connectivity index (χ4v) is 13.2. The Morgan fingerprint density at radius 2 is 1.13 bits per heavy atom. The molecule has 1 aliphatic carbocycles. The van der Waals surface area contributed by atoms with Crippen molar-refractivity contribution in [2.75, 3.05) is 4.90 Å². The van der Waals surface area contributed by atoms with E-state index in [1.165, 1.54) is 105 Å². The van der Waals surface area contributed by atoms with Gasteiger partial charge in [-0.15, -0.1) is 11.3 Å². The Balaban J connectivity index is 1.22. The summed E-state index contributed by atoms with van der Waals surface area (Å²) in [6.45, 7) is 0. The molecule has 4 heterocycles. The van der Waals surface area contributed by atoms with Crippen LogP contribution in [0.25, 0.3) is 81.0 Å². The summed E-state index contributed by atoms with van der Waals surface area (Å²) in [6, 6.07) is 52.4. The minimum Gasteiger partial charge on any atom is -0.307 e. The van der Waals surface area contributed by atoms with Gasteiger partial charge in [-0.25, -0.2) is 0 Å². The lowest BCUT2D eigenvalue weighted by Crippen LogP contribution is -2.26. The largest absolute Gasteiger partial charge is 0.307 e. The Bertz CT molecular complexity index is 2890. The number of rotatable bonds is 1. The highest BCUT2D eigenvalue weighted by Crippen LogP contribution is 2.58. The van der Waals surface area contributed by atoms with Crippen LogP contribution in [0.15, 0.2) is 140 Å². The van der Waals surface area contributed by atoms with Gasteiger partial charge in [0.25, 0.3) is 0 Å². The molecule has 4 heteroatoms. The van der Waals surface area contributed by atoms with Crippen LogP contribution in [-0.2, 0) is 0 Å². The molecule has 12 rings (SSSR count). The summed E-state index contributed by atoms with van der Waals surface area (Å²) < 4.78 is 6.96. The number of nitrogens with zero attached hydrogens (tertiary/aromatic N) is 2. The molecule has 0 N–H and O–H groups in total. The van der Waals surface area contributed by atoms with E-state index in [-0.39, 0.29) is 0 Å². The van der Waals surface area contributed by atoms with E-state index in [2.05, 4.69) is 149 Å². The van der Waals surface area contributed by atoms with Gasteiger partial charge in [-0.1, -0.05) is 136 Å². The summed E-state index contributed by atoms with van der Waals surface area (Å²) in [5.41, 5.74) is 14.8. The number of thiophene rings is 1. The van der Waals surface area contributed by atoms with Crippen LogP contribution >= 0.6 is 32.1 Å². The second-order valence-corrected chi connectivity index (χ2v) is 16.3. The van der Waals surface area contributed by atoms with Gasteiger partial charge >= 0.3 is 0 Å². The third-order valence-corrected chi connectivity index (χ3v) is 14.7. The highest BCUT2D eigenvalue weighted by atomic mass is 127. The maximum Gasteiger partial charge on any atom is 0.0880 e. The van der Waals surface area contributed by atoms with Crippen molar-refractivity contribution in [2.24, 2.45) is 0 Å². The molecule has 2 aromatic heterocycles. The van der Waals surface area contributed by atoms with Gasteiger partial charge in [0.2, 0.25) is 0 Å². The van der Waals surface area contributed by atoms with Gasteiger partial charge in [0, 0.05) is 37.4 Å². The van der Waals surface area contributed by atoms with E-state index >= 15 is 0 Å². The Morgan fingerprint density at radius 1 is 0.468 bits per heavy atom. The van der Waals surface area contributed by atoms with Crippen LogP contribution in [0.5, 0.6) is 0 Å². The summed E-state index contributed by atoms with van der Waals surface area (Å²) in [5.74, 6) is 0. The monoisotopic (exact) mass is 726 g/mol. The summed E-state index contributed by atoms with van der Waals surface area (Å²) in [6.07, 6.45) is 0. The normalized spacial score (nSPS) is 13.8. The minimum atomic E-state index is -0.497. The number of anilines is 2. The summed E-state index contributed by atoms with van der Waals surface area (Å²) in [4.78, 5) is 4.03. The maximum absolute atomic E-state index is 2.64. The number of halogens is 1. The zero-order valence-corrected chi connectivity index (χ0v) is 27.9. The SMILES string of the molecule is c1ccc2c(c1)C1=Ic3c(ccc4c5ccccc5n(-c5ccc6c7c(cccc57)-c5ccccc5-6)c34)N1c1c-2sc2ccccc12. The summed E-state index contributed by atoms with van der Waals surface area (Å²) in [5, 5.41) is 6.69. The first kappa shape index (κ1) is 25.1. The van der Waals surface area contributed by atoms with Crippen molar-refractivity contribution in [3.8, 4) is 38.4 Å². The quantitative estimate of drug-likeness (QED) is 0.153. The highest BCUT2D eigenvalue weighted by Gasteiger charge is 2.37. The smallest absolute Gasteiger partial charge is 0.0880 e. The van der Waals surface area contributed by atoms with Crippen molar-refractivity contribution in [2.45, 2.75) is 0 Å². The molecule has 0 spiro atoms. The van der Waals surface area contributed by atoms with Crippen molar-refractivity contribution in [1.82, 2.24) is 4.57 Å². The van der Waals surface area contributed by atoms with Crippen molar-refractivity contribution >= 4 is 89.7 Å². The number of hydrogen-bond donors (Lipinski definition) is 0. The number of para-hydroxylation sites is 1. The molecule has 0 saturated heterocycles. The molecule has 2 aliphatic heterocycles. The van der Waals surface area contributed by atoms with Crippen LogP contribution in [-0.4, -0.2) is 8.20 Å². The van der Waals surface area contributed by atoms with Gasteiger partial charge in [0.05, 0.1) is 40.2 Å². The fourth-order valence-electron chi connectivity index (χ4n) is 8.44. The molecule has 0 unspecified atom stereocenters. The molecule has 218 valence electrons. The van der Waals surface area contributed by atoms with Crippen LogP contribution in [0, 0.1) is 3.57 Å². The number of benzene rings is 7. The van der Waals surface area contributed by atoms with E-state index in [0.717, 1.165) is 0 Å². The Labute approximate surface area is 284 Å². The molecule has 9 aromatic rings. The van der Waals surface area contributed by atoms with E-state index in [4.69, 9.17) is 0 Å². The number of hydrogen-bond acceptors (Lipinski definition) is 2. The van der Waals surface area contributed by atoms with Crippen molar-refractivity contribution < 1.29 is 0 Å². The van der Waals surface area contributed by atoms with Crippen LogP contribution in [0.1, 0.15) is 5.56 Å². The molecule has 0 atom stereocenters. The second-order valence-electron chi connectivity index (χ2n) is 12.6. The second kappa shape index (κ2) is 8.85. The number of fused-ring (bicyclic) bond motifs is 17. The van der Waals surface area contributed by atoms with E-state index in [0.29, 0.717) is 0 Å². The third kappa shape index (κ3) is 3.04. The third-order valence-electron chi connectivity index (χ3n) is 10.3. The van der Waals surface area contributed by atoms with Gasteiger partial charge in [-0.05, 0) is 51.9 Å². The van der Waals surface area contributed by atoms with Crippen LogP contribution in [0.2, 0.25) is 0 Å². The zero-order chi connectivity index (χ0) is 30.4. The standard InChI is InChI=1S/C43H23IN2S/c1-2-11-25-24(10-1)27-16-9-17-32-35(22-20-28(25)38(27)32)45-34-18-7-5-12-26(34)29-21-23-36-39(40(29)45)44-43-31-14-4-3-13-30(31)42-41(46(36)43)33-15-6-8-19-37(33)47-42/h1-23H. The molecule has 47 heavy (non-hydrogen) atoms.